The summed E-state index contributed by atoms with van der Waals surface area (Å²) < 4.78 is 10.9. The number of hydrogen-bond acceptors (Lipinski definition) is 6. The number of rotatable bonds is 7. The number of carbonyl (C=O) groups is 2. The molecular formula is C18H18N4O5. The number of nitrogens with zero attached hydrogens (tertiary/aromatic N) is 2. The smallest absolute Gasteiger partial charge is 0.437 e. The third-order valence-corrected chi connectivity index (χ3v) is 3.75. The minimum absolute atomic E-state index is 0.0216. The van der Waals surface area contributed by atoms with E-state index in [-0.39, 0.29) is 30.6 Å². The maximum absolute atomic E-state index is 12.0. The van der Waals surface area contributed by atoms with Crippen molar-refractivity contribution in [2.24, 2.45) is 0 Å². The molecular weight excluding hydrogens is 352 g/mol. The summed E-state index contributed by atoms with van der Waals surface area (Å²) in [6.07, 6.45) is 2.19. The molecule has 0 saturated heterocycles. The molecule has 0 aliphatic heterocycles. The van der Waals surface area contributed by atoms with E-state index in [1.54, 1.807) is 18.2 Å². The number of anilines is 1. The van der Waals surface area contributed by atoms with Crippen LogP contribution in [0.4, 0.5) is 5.69 Å². The molecule has 9 heteroatoms. The Labute approximate surface area is 154 Å². The lowest BCUT2D eigenvalue weighted by molar-refractivity contribution is -0.124. The summed E-state index contributed by atoms with van der Waals surface area (Å²) >= 11 is 0. The van der Waals surface area contributed by atoms with Gasteiger partial charge in [-0.25, -0.2) is 4.79 Å². The van der Waals surface area contributed by atoms with Gasteiger partial charge in [0.2, 0.25) is 11.8 Å². The molecule has 2 heterocycles. The molecule has 2 amide bonds. The van der Waals surface area contributed by atoms with Crippen LogP contribution < -0.4 is 16.4 Å². The van der Waals surface area contributed by atoms with Gasteiger partial charge >= 0.3 is 5.76 Å². The fraction of sp³-hybridized carbons (Fsp3) is 0.222. The molecule has 9 nitrogen and oxygen atoms in total. The van der Waals surface area contributed by atoms with Gasteiger partial charge in [-0.15, -0.1) is 5.10 Å². The molecule has 0 bridgehead atoms. The highest BCUT2D eigenvalue weighted by molar-refractivity contribution is 5.95. The number of nitrogens with one attached hydrogen (secondary N) is 2. The molecule has 0 fully saturated rings. The number of aryl methyl sites for hydroxylation is 1. The monoisotopic (exact) mass is 370 g/mol. The van der Waals surface area contributed by atoms with Crippen LogP contribution in [0.25, 0.3) is 11.7 Å². The van der Waals surface area contributed by atoms with Crippen molar-refractivity contribution in [3.63, 3.8) is 0 Å². The lowest BCUT2D eigenvalue weighted by Crippen LogP contribution is -2.36. The standard InChI is InChI=1S/C18H18N4O5/c1-2-12-6-3-4-7-13(12)20-15(23)10-19-16(24)11-22-18(25)27-17(21-22)14-8-5-9-26-14/h3-9H,2,10-11H2,1H3,(H,19,24)(H,20,23). The van der Waals surface area contributed by atoms with Crippen LogP contribution in [-0.4, -0.2) is 28.1 Å². The first-order valence-corrected chi connectivity index (χ1v) is 8.33. The van der Waals surface area contributed by atoms with Crippen LogP contribution in [0.15, 0.2) is 56.3 Å². The summed E-state index contributed by atoms with van der Waals surface area (Å²) in [5.74, 6) is -1.45. The average Bonchev–Trinajstić information content (AvgIpc) is 3.31. The molecule has 27 heavy (non-hydrogen) atoms. The summed E-state index contributed by atoms with van der Waals surface area (Å²) in [7, 11) is 0. The number of benzene rings is 1. The molecule has 0 spiro atoms. The molecule has 0 atom stereocenters. The van der Waals surface area contributed by atoms with Crippen LogP contribution >= 0.6 is 0 Å². The molecule has 2 N–H and O–H groups in total. The Morgan fingerprint density at radius 2 is 1.96 bits per heavy atom. The van der Waals surface area contributed by atoms with Crippen LogP contribution in [0, 0.1) is 0 Å². The Morgan fingerprint density at radius 1 is 1.15 bits per heavy atom. The van der Waals surface area contributed by atoms with Crippen molar-refractivity contribution < 1.29 is 18.4 Å². The van der Waals surface area contributed by atoms with Crippen molar-refractivity contribution >= 4 is 17.5 Å². The quantitative estimate of drug-likeness (QED) is 0.649. The van der Waals surface area contributed by atoms with Crippen LogP contribution in [0.2, 0.25) is 0 Å². The number of hydrogen-bond donors (Lipinski definition) is 2. The van der Waals surface area contributed by atoms with E-state index in [0.717, 1.165) is 16.7 Å². The second kappa shape index (κ2) is 8.17. The lowest BCUT2D eigenvalue weighted by atomic mass is 10.1. The van der Waals surface area contributed by atoms with Gasteiger partial charge in [0.15, 0.2) is 5.76 Å². The van der Waals surface area contributed by atoms with Crippen LogP contribution in [0.1, 0.15) is 12.5 Å². The Hall–Kier alpha value is -3.62. The van der Waals surface area contributed by atoms with Crippen LogP contribution in [0.3, 0.4) is 0 Å². The molecule has 0 aliphatic rings. The number of para-hydroxylation sites is 1. The first kappa shape index (κ1) is 18.2. The van der Waals surface area contributed by atoms with Gasteiger partial charge in [0.25, 0.3) is 5.89 Å². The zero-order valence-electron chi connectivity index (χ0n) is 14.6. The SMILES string of the molecule is CCc1ccccc1NC(=O)CNC(=O)Cn1nc(-c2ccco2)oc1=O. The van der Waals surface area contributed by atoms with E-state index in [9.17, 15) is 14.4 Å². The Balaban J connectivity index is 1.54. The van der Waals surface area contributed by atoms with Gasteiger partial charge < -0.3 is 19.5 Å². The molecule has 0 radical (unpaired) electrons. The summed E-state index contributed by atoms with van der Waals surface area (Å²) in [5.41, 5.74) is 1.70. The van der Waals surface area contributed by atoms with Gasteiger partial charge in [-0.3, -0.25) is 9.59 Å². The van der Waals surface area contributed by atoms with Crippen LogP contribution in [-0.2, 0) is 22.6 Å². The van der Waals surface area contributed by atoms with Crippen molar-refractivity contribution in [1.82, 2.24) is 15.1 Å². The van der Waals surface area contributed by atoms with Crippen LogP contribution in [0.5, 0.6) is 0 Å². The molecule has 2 aromatic heterocycles. The van der Waals surface area contributed by atoms with Crippen molar-refractivity contribution in [2.75, 3.05) is 11.9 Å². The zero-order valence-corrected chi connectivity index (χ0v) is 14.6. The highest BCUT2D eigenvalue weighted by atomic mass is 16.4. The molecule has 3 rings (SSSR count). The minimum atomic E-state index is -0.794. The fourth-order valence-corrected chi connectivity index (χ4v) is 2.42. The second-order valence-corrected chi connectivity index (χ2v) is 5.64. The number of furan rings is 1. The topological polar surface area (TPSA) is 119 Å². The molecule has 3 aromatic rings. The molecule has 0 aliphatic carbocycles. The van der Waals surface area contributed by atoms with Crippen molar-refractivity contribution in [1.29, 1.82) is 0 Å². The highest BCUT2D eigenvalue weighted by Gasteiger charge is 2.15. The number of carbonyl (C=O) groups excluding carboxylic acids is 2. The third-order valence-electron chi connectivity index (χ3n) is 3.75. The van der Waals surface area contributed by atoms with E-state index in [2.05, 4.69) is 15.7 Å². The predicted octanol–water partition coefficient (Wildman–Crippen LogP) is 1.41. The predicted molar refractivity (Wildman–Crippen MR) is 95.9 cm³/mol. The van der Waals surface area contributed by atoms with Gasteiger partial charge in [-0.05, 0) is 30.2 Å². The summed E-state index contributed by atoms with van der Waals surface area (Å²) in [5, 5.41) is 9.08. The minimum Gasteiger partial charge on any atom is -0.459 e. The van der Waals surface area contributed by atoms with Gasteiger partial charge in [0.1, 0.15) is 6.54 Å². The zero-order chi connectivity index (χ0) is 19.2. The van der Waals surface area contributed by atoms with E-state index < -0.39 is 11.7 Å². The summed E-state index contributed by atoms with van der Waals surface area (Å²) in [6, 6.07) is 10.6. The lowest BCUT2D eigenvalue weighted by Gasteiger charge is -2.10. The molecule has 1 aromatic carbocycles. The van der Waals surface area contributed by atoms with E-state index >= 15 is 0 Å². The van der Waals surface area contributed by atoms with Gasteiger partial charge in [-0.1, -0.05) is 25.1 Å². The van der Waals surface area contributed by atoms with Crippen molar-refractivity contribution in [3.8, 4) is 11.7 Å². The molecule has 0 saturated carbocycles. The van der Waals surface area contributed by atoms with Crippen molar-refractivity contribution in [2.45, 2.75) is 19.9 Å². The second-order valence-electron chi connectivity index (χ2n) is 5.64. The normalized spacial score (nSPS) is 10.6. The highest BCUT2D eigenvalue weighted by Crippen LogP contribution is 2.15. The third kappa shape index (κ3) is 4.51. The van der Waals surface area contributed by atoms with Gasteiger partial charge in [-0.2, -0.15) is 4.68 Å². The number of amides is 2. The van der Waals surface area contributed by atoms with Gasteiger partial charge in [0, 0.05) is 5.69 Å². The number of aromatic nitrogens is 2. The van der Waals surface area contributed by atoms with E-state index in [0.29, 0.717) is 5.69 Å². The largest absolute Gasteiger partial charge is 0.459 e. The van der Waals surface area contributed by atoms with Gasteiger partial charge in [0.05, 0.1) is 12.8 Å². The van der Waals surface area contributed by atoms with Crippen molar-refractivity contribution in [3.05, 3.63) is 58.8 Å². The first-order chi connectivity index (χ1) is 13.1. The maximum Gasteiger partial charge on any atom is 0.437 e. The molecule has 0 unspecified atom stereocenters. The van der Waals surface area contributed by atoms with E-state index in [1.165, 1.54) is 6.26 Å². The Bertz CT molecular complexity index is 987. The fourth-order valence-electron chi connectivity index (χ4n) is 2.42. The average molecular weight is 370 g/mol. The summed E-state index contributed by atoms with van der Waals surface area (Å²) in [6.45, 7) is 1.38. The first-order valence-electron chi connectivity index (χ1n) is 8.33. The van der Waals surface area contributed by atoms with E-state index in [4.69, 9.17) is 8.83 Å². The van der Waals surface area contributed by atoms with E-state index in [1.807, 2.05) is 25.1 Å². The molecule has 140 valence electrons. The Morgan fingerprint density at radius 3 is 2.70 bits per heavy atom. The maximum atomic E-state index is 12.0. The Kier molecular flexibility index (Phi) is 5.50. The summed E-state index contributed by atoms with van der Waals surface area (Å²) in [4.78, 5) is 35.8.